The minimum Gasteiger partial charge on any atom is -0.375 e. The lowest BCUT2D eigenvalue weighted by Gasteiger charge is -2.29. The second-order valence-corrected chi connectivity index (χ2v) is 5.54. The largest absolute Gasteiger partial charge is 0.375 e. The minimum absolute atomic E-state index is 0.153. The molecule has 0 amide bonds. The number of halogens is 1. The summed E-state index contributed by atoms with van der Waals surface area (Å²) >= 11 is 0. The Morgan fingerprint density at radius 1 is 1.39 bits per heavy atom. The van der Waals surface area contributed by atoms with Crippen molar-refractivity contribution in [3.05, 3.63) is 35.1 Å². The van der Waals surface area contributed by atoms with Crippen LogP contribution in [0.1, 0.15) is 36.4 Å². The number of benzene rings is 1. The average Bonchev–Trinajstić information content (AvgIpc) is 2.97. The van der Waals surface area contributed by atoms with E-state index in [1.54, 1.807) is 6.07 Å². The van der Waals surface area contributed by atoms with Crippen LogP contribution in [0.2, 0.25) is 0 Å². The molecule has 2 fully saturated rings. The molecule has 3 heteroatoms. The molecule has 2 bridgehead atoms. The first-order valence-electron chi connectivity index (χ1n) is 6.78. The second kappa shape index (κ2) is 4.63. The third-order valence-electron chi connectivity index (χ3n) is 4.47. The van der Waals surface area contributed by atoms with Gasteiger partial charge in [-0.3, -0.25) is 0 Å². The highest BCUT2D eigenvalue weighted by Gasteiger charge is 2.44. The van der Waals surface area contributed by atoms with Gasteiger partial charge in [0.1, 0.15) is 5.82 Å². The summed E-state index contributed by atoms with van der Waals surface area (Å²) in [6, 6.07) is 5.27. The van der Waals surface area contributed by atoms with Crippen LogP contribution in [0.4, 0.5) is 4.39 Å². The Bertz CT molecular complexity index is 448. The maximum atomic E-state index is 13.5. The molecular weight excluding hydrogens is 229 g/mol. The molecule has 0 saturated carbocycles. The van der Waals surface area contributed by atoms with E-state index in [9.17, 15) is 4.39 Å². The van der Waals surface area contributed by atoms with Gasteiger partial charge in [-0.15, -0.1) is 0 Å². The monoisotopic (exact) mass is 249 g/mol. The van der Waals surface area contributed by atoms with Gasteiger partial charge in [0.05, 0.1) is 12.2 Å². The van der Waals surface area contributed by atoms with Crippen molar-refractivity contribution in [3.63, 3.8) is 0 Å². The quantitative estimate of drug-likeness (QED) is 0.889. The molecule has 2 aliphatic rings. The molecular formula is C15H20FNO. The first-order valence-corrected chi connectivity index (χ1v) is 6.78. The first-order chi connectivity index (χ1) is 8.69. The summed E-state index contributed by atoms with van der Waals surface area (Å²) in [6.07, 6.45) is 4.24. The molecule has 1 aromatic carbocycles. The standard InChI is InChI=1S/C15H20FNO/c1-9-3-4-10(16)7-12(9)15(17-2)13-8-11-5-6-14(13)18-11/h3-4,7,11,13-15,17H,5-6,8H2,1-2H3. The molecule has 18 heavy (non-hydrogen) atoms. The Labute approximate surface area is 108 Å². The second-order valence-electron chi connectivity index (χ2n) is 5.54. The van der Waals surface area contributed by atoms with Crippen molar-refractivity contribution in [2.24, 2.45) is 5.92 Å². The summed E-state index contributed by atoms with van der Waals surface area (Å²) in [4.78, 5) is 0. The van der Waals surface area contributed by atoms with Gasteiger partial charge in [-0.05, 0) is 56.5 Å². The van der Waals surface area contributed by atoms with Gasteiger partial charge in [0, 0.05) is 12.0 Å². The van der Waals surface area contributed by atoms with Crippen LogP contribution >= 0.6 is 0 Å². The highest BCUT2D eigenvalue weighted by molar-refractivity contribution is 5.30. The Morgan fingerprint density at radius 2 is 2.22 bits per heavy atom. The number of fused-ring (bicyclic) bond motifs is 2. The molecule has 2 saturated heterocycles. The Kier molecular flexibility index (Phi) is 3.12. The highest BCUT2D eigenvalue weighted by atomic mass is 19.1. The van der Waals surface area contributed by atoms with Crippen molar-refractivity contribution < 1.29 is 9.13 Å². The van der Waals surface area contributed by atoms with E-state index in [1.807, 2.05) is 20.0 Å². The molecule has 2 heterocycles. The summed E-state index contributed by atoms with van der Waals surface area (Å²) in [6.45, 7) is 2.05. The third kappa shape index (κ3) is 1.95. The third-order valence-corrected chi connectivity index (χ3v) is 4.47. The van der Waals surface area contributed by atoms with Gasteiger partial charge >= 0.3 is 0 Å². The molecule has 3 rings (SSSR count). The van der Waals surface area contributed by atoms with Crippen molar-refractivity contribution in [1.29, 1.82) is 0 Å². The summed E-state index contributed by atoms with van der Waals surface area (Å²) in [7, 11) is 1.96. The molecule has 0 radical (unpaired) electrons. The maximum absolute atomic E-state index is 13.5. The van der Waals surface area contributed by atoms with Crippen LogP contribution in [0.5, 0.6) is 0 Å². The first kappa shape index (κ1) is 12.1. The number of aryl methyl sites for hydroxylation is 1. The van der Waals surface area contributed by atoms with Gasteiger partial charge in [0.2, 0.25) is 0 Å². The number of hydrogen-bond donors (Lipinski definition) is 1. The summed E-state index contributed by atoms with van der Waals surface area (Å²) in [5.74, 6) is 0.328. The number of hydrogen-bond acceptors (Lipinski definition) is 2. The molecule has 2 aliphatic heterocycles. The van der Waals surface area contributed by atoms with Crippen LogP contribution in [0, 0.1) is 18.7 Å². The van der Waals surface area contributed by atoms with Crippen LogP contribution < -0.4 is 5.32 Å². The lowest BCUT2D eigenvalue weighted by atomic mass is 9.80. The minimum atomic E-state index is -0.153. The lowest BCUT2D eigenvalue weighted by Crippen LogP contribution is -2.32. The van der Waals surface area contributed by atoms with E-state index >= 15 is 0 Å². The Morgan fingerprint density at radius 3 is 2.83 bits per heavy atom. The molecule has 1 N–H and O–H groups in total. The SMILES string of the molecule is CNC(c1cc(F)ccc1C)C1CC2CCC1O2. The van der Waals surface area contributed by atoms with Crippen molar-refractivity contribution in [2.45, 2.75) is 44.4 Å². The van der Waals surface area contributed by atoms with E-state index < -0.39 is 0 Å². The van der Waals surface area contributed by atoms with Crippen LogP contribution in [0.3, 0.4) is 0 Å². The normalized spacial score (nSPS) is 31.8. The van der Waals surface area contributed by atoms with Crippen molar-refractivity contribution in [2.75, 3.05) is 7.05 Å². The van der Waals surface area contributed by atoms with Gasteiger partial charge in [-0.1, -0.05) is 6.07 Å². The highest BCUT2D eigenvalue weighted by Crippen LogP contribution is 2.45. The van der Waals surface area contributed by atoms with Crippen molar-refractivity contribution >= 4 is 0 Å². The fourth-order valence-electron chi connectivity index (χ4n) is 3.57. The smallest absolute Gasteiger partial charge is 0.123 e. The topological polar surface area (TPSA) is 21.3 Å². The van der Waals surface area contributed by atoms with Crippen LogP contribution in [0.15, 0.2) is 18.2 Å². The number of nitrogens with one attached hydrogen (secondary N) is 1. The maximum Gasteiger partial charge on any atom is 0.123 e. The van der Waals surface area contributed by atoms with Crippen LogP contribution in [0.25, 0.3) is 0 Å². The zero-order valence-corrected chi connectivity index (χ0v) is 10.9. The lowest BCUT2D eigenvalue weighted by molar-refractivity contribution is 0.0862. The summed E-state index contributed by atoms with van der Waals surface area (Å²) in [5, 5.41) is 3.37. The molecule has 0 aromatic heterocycles. The van der Waals surface area contributed by atoms with Crippen LogP contribution in [-0.4, -0.2) is 19.3 Å². The van der Waals surface area contributed by atoms with E-state index in [1.165, 1.54) is 12.5 Å². The van der Waals surface area contributed by atoms with E-state index in [4.69, 9.17) is 4.74 Å². The Balaban J connectivity index is 1.90. The van der Waals surface area contributed by atoms with Gasteiger partial charge in [-0.2, -0.15) is 0 Å². The van der Waals surface area contributed by atoms with E-state index in [-0.39, 0.29) is 11.9 Å². The zero-order valence-electron chi connectivity index (χ0n) is 10.9. The van der Waals surface area contributed by atoms with E-state index in [0.717, 1.165) is 24.0 Å². The molecule has 0 spiro atoms. The summed E-state index contributed by atoms with van der Waals surface area (Å²) in [5.41, 5.74) is 2.23. The van der Waals surface area contributed by atoms with Crippen molar-refractivity contribution in [3.8, 4) is 0 Å². The predicted octanol–water partition coefficient (Wildman–Crippen LogP) is 2.96. The average molecular weight is 249 g/mol. The van der Waals surface area contributed by atoms with Gasteiger partial charge in [0.15, 0.2) is 0 Å². The molecule has 0 aliphatic carbocycles. The summed E-state index contributed by atoms with van der Waals surface area (Å²) < 4.78 is 19.4. The molecule has 1 aromatic rings. The zero-order chi connectivity index (χ0) is 12.7. The molecule has 98 valence electrons. The fraction of sp³-hybridized carbons (Fsp3) is 0.600. The van der Waals surface area contributed by atoms with Gasteiger partial charge in [-0.25, -0.2) is 4.39 Å². The Hall–Kier alpha value is -0.930. The fourth-order valence-corrected chi connectivity index (χ4v) is 3.57. The van der Waals surface area contributed by atoms with E-state index in [2.05, 4.69) is 5.32 Å². The number of rotatable bonds is 3. The predicted molar refractivity (Wildman–Crippen MR) is 68.9 cm³/mol. The van der Waals surface area contributed by atoms with Gasteiger partial charge in [0.25, 0.3) is 0 Å². The molecule has 4 atom stereocenters. The van der Waals surface area contributed by atoms with Gasteiger partial charge < -0.3 is 10.1 Å². The van der Waals surface area contributed by atoms with E-state index in [0.29, 0.717) is 18.1 Å². The molecule has 4 unspecified atom stereocenters. The molecule has 2 nitrogen and oxygen atoms in total. The van der Waals surface area contributed by atoms with Crippen LogP contribution in [-0.2, 0) is 4.74 Å². The number of ether oxygens (including phenoxy) is 1. The van der Waals surface area contributed by atoms with Crippen molar-refractivity contribution in [1.82, 2.24) is 5.32 Å².